The number of benzene rings is 4. The lowest BCUT2D eigenvalue weighted by molar-refractivity contribution is -0.138. The van der Waals surface area contributed by atoms with Gasteiger partial charge in [0, 0.05) is 5.56 Å². The zero-order chi connectivity index (χ0) is 27.3. The van der Waals surface area contributed by atoms with Crippen molar-refractivity contribution < 1.29 is 27.8 Å². The Balaban J connectivity index is 0.00000420. The minimum absolute atomic E-state index is 0. The van der Waals surface area contributed by atoms with Crippen LogP contribution in [-0.2, 0) is 27.8 Å². The number of sulfonamides is 1. The molecule has 4 aromatic rings. The fourth-order valence-corrected chi connectivity index (χ4v) is 5.05. The van der Waals surface area contributed by atoms with Gasteiger partial charge in [0.25, 0.3) is 0 Å². The Hall–Kier alpha value is -4.12. The third-order valence-corrected chi connectivity index (χ3v) is 7.44. The Morgan fingerprint density at radius 2 is 1.51 bits per heavy atom. The first-order chi connectivity index (χ1) is 18.1. The van der Waals surface area contributed by atoms with E-state index in [2.05, 4.69) is 4.72 Å². The van der Waals surface area contributed by atoms with Crippen molar-refractivity contribution >= 4 is 45.0 Å². The molecule has 0 aliphatic rings. The van der Waals surface area contributed by atoms with Gasteiger partial charge in [0.05, 0.1) is 12.0 Å². The summed E-state index contributed by atoms with van der Waals surface area (Å²) < 4.78 is 38.7. The number of carbonyl (C=O) groups is 1. The molecule has 0 amide bonds. The van der Waals surface area contributed by atoms with E-state index in [-0.39, 0.29) is 29.6 Å². The third-order valence-electron chi connectivity index (χ3n) is 5.95. The van der Waals surface area contributed by atoms with Gasteiger partial charge in [0.2, 0.25) is 10.0 Å². The number of amidine groups is 1. The molecule has 4 aromatic carbocycles. The summed E-state index contributed by atoms with van der Waals surface area (Å²) in [5.74, 6) is -0.110. The first kappa shape index (κ1) is 29.4. The number of methoxy groups -OCH3 is 1. The second-order valence-corrected chi connectivity index (χ2v) is 10.3. The summed E-state index contributed by atoms with van der Waals surface area (Å²) in [5, 5.41) is 18.9. The van der Waals surface area contributed by atoms with Crippen molar-refractivity contribution in [2.24, 2.45) is 5.73 Å². The number of hydrogen-bond donors (Lipinski definition) is 4. The second-order valence-electron chi connectivity index (χ2n) is 8.63. The topological polar surface area (TPSA) is 152 Å². The van der Waals surface area contributed by atoms with E-state index in [0.29, 0.717) is 29.2 Å². The van der Waals surface area contributed by atoms with Crippen LogP contribution in [0.1, 0.15) is 16.7 Å². The van der Waals surface area contributed by atoms with Crippen LogP contribution in [0.25, 0.3) is 10.8 Å². The van der Waals surface area contributed by atoms with Gasteiger partial charge >= 0.3 is 5.97 Å². The van der Waals surface area contributed by atoms with E-state index in [1.165, 1.54) is 31.4 Å². The van der Waals surface area contributed by atoms with Gasteiger partial charge in [-0.3, -0.25) is 10.2 Å². The van der Waals surface area contributed by atoms with Crippen LogP contribution >= 0.6 is 12.4 Å². The lowest BCUT2D eigenvalue weighted by Gasteiger charge is -2.16. The largest absolute Gasteiger partial charge is 0.497 e. The summed E-state index contributed by atoms with van der Waals surface area (Å²) in [6.07, 6.45) is -0.0326. The van der Waals surface area contributed by atoms with Crippen LogP contribution < -0.4 is 19.9 Å². The number of nitrogens with two attached hydrogens (primary N) is 1. The van der Waals surface area contributed by atoms with E-state index in [0.717, 1.165) is 16.3 Å². The maximum absolute atomic E-state index is 12.8. The third kappa shape index (κ3) is 7.47. The predicted octanol–water partition coefficient (Wildman–Crippen LogP) is 4.11. The highest BCUT2D eigenvalue weighted by molar-refractivity contribution is 7.89. The first-order valence-electron chi connectivity index (χ1n) is 11.6. The van der Waals surface area contributed by atoms with E-state index in [1.54, 1.807) is 18.2 Å². The van der Waals surface area contributed by atoms with Crippen molar-refractivity contribution in [2.75, 3.05) is 7.11 Å². The summed E-state index contributed by atoms with van der Waals surface area (Å²) in [6.45, 7) is 0.344. The average molecular weight is 570 g/mol. The highest BCUT2D eigenvalue weighted by atomic mass is 35.5. The number of rotatable bonds is 11. The predicted molar refractivity (Wildman–Crippen MR) is 151 cm³/mol. The Morgan fingerprint density at radius 3 is 2.13 bits per heavy atom. The Bertz CT molecular complexity index is 1580. The number of carboxylic acids is 1. The molecule has 0 saturated heterocycles. The Labute approximate surface area is 232 Å². The van der Waals surface area contributed by atoms with Crippen molar-refractivity contribution in [3.63, 3.8) is 0 Å². The molecule has 0 aliphatic carbocycles. The minimum Gasteiger partial charge on any atom is -0.497 e. The van der Waals surface area contributed by atoms with Crippen LogP contribution in [0.2, 0.25) is 0 Å². The highest BCUT2D eigenvalue weighted by Crippen LogP contribution is 2.24. The maximum Gasteiger partial charge on any atom is 0.322 e. The Kier molecular flexibility index (Phi) is 9.52. The lowest BCUT2D eigenvalue weighted by Crippen LogP contribution is -2.42. The van der Waals surface area contributed by atoms with Gasteiger partial charge in [-0.05, 0) is 64.7 Å². The molecule has 5 N–H and O–H groups in total. The monoisotopic (exact) mass is 569 g/mol. The zero-order valence-electron chi connectivity index (χ0n) is 21.0. The molecule has 9 nitrogen and oxygen atoms in total. The van der Waals surface area contributed by atoms with Gasteiger partial charge in [-0.1, -0.05) is 48.5 Å². The van der Waals surface area contributed by atoms with Crippen LogP contribution in [0.3, 0.4) is 0 Å². The Morgan fingerprint density at radius 1 is 0.923 bits per heavy atom. The molecule has 0 aliphatic heterocycles. The van der Waals surface area contributed by atoms with Crippen LogP contribution in [0.4, 0.5) is 0 Å². The van der Waals surface area contributed by atoms with Crippen molar-refractivity contribution in [2.45, 2.75) is 24.0 Å². The van der Waals surface area contributed by atoms with Crippen LogP contribution in [0, 0.1) is 5.41 Å². The smallest absolute Gasteiger partial charge is 0.322 e. The molecule has 0 fully saturated rings. The second kappa shape index (κ2) is 12.6. The summed E-state index contributed by atoms with van der Waals surface area (Å²) in [5.41, 5.74) is 7.73. The van der Waals surface area contributed by atoms with Gasteiger partial charge in [0.15, 0.2) is 0 Å². The molecule has 0 aromatic heterocycles. The van der Waals surface area contributed by atoms with Crippen molar-refractivity contribution in [1.29, 1.82) is 5.41 Å². The molecule has 0 heterocycles. The maximum atomic E-state index is 12.8. The van der Waals surface area contributed by atoms with E-state index in [1.807, 2.05) is 42.5 Å². The summed E-state index contributed by atoms with van der Waals surface area (Å²) in [6, 6.07) is 22.6. The van der Waals surface area contributed by atoms with Crippen LogP contribution in [0.5, 0.6) is 11.5 Å². The molecule has 1 unspecified atom stereocenters. The quantitative estimate of drug-likeness (QED) is 0.157. The minimum atomic E-state index is -4.05. The molecule has 11 heteroatoms. The zero-order valence-corrected chi connectivity index (χ0v) is 22.6. The van der Waals surface area contributed by atoms with Crippen LogP contribution in [0.15, 0.2) is 89.8 Å². The summed E-state index contributed by atoms with van der Waals surface area (Å²) >= 11 is 0. The molecule has 0 spiro atoms. The SMILES string of the molecule is COc1ccc(S(=O)(=O)NC(Cc2ccc3cc(OCc4ccc(C(=N)N)cc4)ccc3c2)C(=O)O)cc1.Cl. The van der Waals surface area contributed by atoms with Crippen molar-refractivity contribution in [1.82, 2.24) is 4.72 Å². The lowest BCUT2D eigenvalue weighted by atomic mass is 10.0. The number of ether oxygens (including phenoxy) is 2. The number of carboxylic acid groups (broad SMARTS) is 1. The molecule has 0 bridgehead atoms. The van der Waals surface area contributed by atoms with E-state index >= 15 is 0 Å². The van der Waals surface area contributed by atoms with Gasteiger partial charge in [-0.15, -0.1) is 12.4 Å². The fraction of sp³-hybridized carbons (Fsp3) is 0.143. The standard InChI is InChI=1S/C28H27N3O6S.ClH/c1-36-23-10-12-25(13-11-23)38(34,35)31-26(28(32)33)15-19-4-7-22-16-24(9-8-21(22)14-19)37-17-18-2-5-20(6-3-18)27(29)30;/h2-14,16,26,31H,15,17H2,1H3,(H3,29,30)(H,32,33);1H. The van der Waals surface area contributed by atoms with E-state index in [9.17, 15) is 18.3 Å². The highest BCUT2D eigenvalue weighted by Gasteiger charge is 2.26. The average Bonchev–Trinajstić information content (AvgIpc) is 2.91. The van der Waals surface area contributed by atoms with Gasteiger partial charge in [-0.25, -0.2) is 8.42 Å². The molecule has 204 valence electrons. The number of nitrogens with one attached hydrogen (secondary N) is 2. The van der Waals surface area contributed by atoms with Gasteiger partial charge < -0.3 is 20.3 Å². The van der Waals surface area contributed by atoms with Gasteiger partial charge in [-0.2, -0.15) is 4.72 Å². The molecule has 4 rings (SSSR count). The van der Waals surface area contributed by atoms with Gasteiger partial charge in [0.1, 0.15) is 30.0 Å². The summed E-state index contributed by atoms with van der Waals surface area (Å²) in [7, 11) is -2.58. The number of nitrogen functional groups attached to an aromatic ring is 1. The number of hydrogen-bond acceptors (Lipinski definition) is 6. The van der Waals surface area contributed by atoms with E-state index < -0.39 is 22.0 Å². The normalized spacial score (nSPS) is 11.8. The summed E-state index contributed by atoms with van der Waals surface area (Å²) in [4.78, 5) is 11.8. The molecule has 1 atom stereocenters. The van der Waals surface area contributed by atoms with E-state index in [4.69, 9.17) is 20.6 Å². The number of fused-ring (bicyclic) bond motifs is 1. The molecule has 0 saturated carbocycles. The molecule has 39 heavy (non-hydrogen) atoms. The number of aliphatic carboxylic acids is 1. The van der Waals surface area contributed by atoms with Crippen molar-refractivity contribution in [3.05, 3.63) is 102 Å². The molecular formula is C28H28ClN3O6S. The van der Waals surface area contributed by atoms with Crippen LogP contribution in [-0.4, -0.2) is 38.5 Å². The fourth-order valence-electron chi connectivity index (χ4n) is 3.86. The molecular weight excluding hydrogens is 542 g/mol. The first-order valence-corrected chi connectivity index (χ1v) is 13.1. The van der Waals surface area contributed by atoms with Crippen molar-refractivity contribution in [3.8, 4) is 11.5 Å². The number of halogens is 1. The molecule has 0 radical (unpaired) electrons.